The molecule has 0 bridgehead atoms. The fourth-order valence-corrected chi connectivity index (χ4v) is 3.69. The average molecular weight is 444 g/mol. The Balaban J connectivity index is 1.58. The number of anilines is 2. The van der Waals surface area contributed by atoms with Crippen molar-refractivity contribution in [3.63, 3.8) is 0 Å². The van der Waals surface area contributed by atoms with Gasteiger partial charge in [0.25, 0.3) is 11.8 Å². The topological polar surface area (TPSA) is 91.7 Å². The van der Waals surface area contributed by atoms with Crippen LogP contribution in [0.1, 0.15) is 11.1 Å². The van der Waals surface area contributed by atoms with Gasteiger partial charge in [-0.1, -0.05) is 23.7 Å². The predicted octanol–water partition coefficient (Wildman–Crippen LogP) is 4.34. The number of halogens is 1. The molecule has 0 atom stereocenters. The Kier molecular flexibility index (Phi) is 4.77. The summed E-state index contributed by atoms with van der Waals surface area (Å²) in [7, 11) is 0. The normalized spacial score (nSPS) is 14.7. The average Bonchev–Trinajstić information content (AvgIpc) is 3.37. The zero-order chi connectivity index (χ0) is 22.2. The highest BCUT2D eigenvalue weighted by Gasteiger charge is 2.40. The molecular weight excluding hydrogens is 430 g/mol. The Bertz CT molecular complexity index is 1320. The summed E-state index contributed by atoms with van der Waals surface area (Å²) in [5, 5.41) is 12.6. The molecule has 2 amide bonds. The van der Waals surface area contributed by atoms with Crippen molar-refractivity contribution in [1.29, 1.82) is 5.26 Å². The Morgan fingerprint density at radius 3 is 2.34 bits per heavy atom. The van der Waals surface area contributed by atoms with Crippen LogP contribution in [0.3, 0.4) is 0 Å². The van der Waals surface area contributed by atoms with Crippen LogP contribution in [0.25, 0.3) is 5.57 Å². The van der Waals surface area contributed by atoms with E-state index in [0.29, 0.717) is 39.0 Å². The fraction of sp³-hybridized carbons (Fsp3) is 0.0417. The molecule has 5 rings (SSSR count). The van der Waals surface area contributed by atoms with E-state index >= 15 is 0 Å². The molecule has 0 unspecified atom stereocenters. The maximum Gasteiger partial charge on any atom is 0.282 e. The summed E-state index contributed by atoms with van der Waals surface area (Å²) in [6.07, 6.45) is 0. The fourth-order valence-electron chi connectivity index (χ4n) is 3.57. The standard InChI is InChI=1S/C24H14ClN3O4/c25-16-5-3-15(4-6-16)21-22(27-17-7-10-19-20(11-17)32-13-31-19)24(30)28(23(21)29)18-8-1-14(12-26)2-9-18/h1-11,27H,13H2. The van der Waals surface area contributed by atoms with Gasteiger partial charge in [-0.05, 0) is 54.1 Å². The monoisotopic (exact) mass is 443 g/mol. The largest absolute Gasteiger partial charge is 0.454 e. The van der Waals surface area contributed by atoms with Gasteiger partial charge >= 0.3 is 0 Å². The van der Waals surface area contributed by atoms with Crippen molar-refractivity contribution in [2.45, 2.75) is 0 Å². The third-order valence-corrected chi connectivity index (χ3v) is 5.37. The Hall–Kier alpha value is -4.28. The number of imide groups is 1. The molecule has 2 aliphatic rings. The lowest BCUT2D eigenvalue weighted by atomic mass is 10.0. The molecule has 0 saturated carbocycles. The molecule has 32 heavy (non-hydrogen) atoms. The summed E-state index contributed by atoms with van der Waals surface area (Å²) in [6, 6.07) is 20.1. The first kappa shape index (κ1) is 19.7. The van der Waals surface area contributed by atoms with E-state index in [1.165, 1.54) is 0 Å². The highest BCUT2D eigenvalue weighted by Crippen LogP contribution is 2.37. The summed E-state index contributed by atoms with van der Waals surface area (Å²) < 4.78 is 10.7. The number of ether oxygens (including phenoxy) is 2. The molecule has 1 N–H and O–H groups in total. The predicted molar refractivity (Wildman–Crippen MR) is 118 cm³/mol. The van der Waals surface area contributed by atoms with Crippen molar-refractivity contribution in [1.82, 2.24) is 0 Å². The molecule has 0 aliphatic carbocycles. The van der Waals surface area contributed by atoms with Gasteiger partial charge in [0, 0.05) is 16.8 Å². The second-order valence-corrected chi connectivity index (χ2v) is 7.49. The van der Waals surface area contributed by atoms with Gasteiger partial charge in [0.1, 0.15) is 5.70 Å². The number of carbonyl (C=O) groups is 2. The van der Waals surface area contributed by atoms with E-state index in [0.717, 1.165) is 4.90 Å². The van der Waals surface area contributed by atoms with Gasteiger partial charge in [0.15, 0.2) is 11.5 Å². The van der Waals surface area contributed by atoms with Gasteiger partial charge in [0.2, 0.25) is 6.79 Å². The van der Waals surface area contributed by atoms with Crippen LogP contribution >= 0.6 is 11.6 Å². The number of nitrogens with zero attached hydrogens (tertiary/aromatic N) is 2. The van der Waals surface area contributed by atoms with Crippen molar-refractivity contribution in [3.8, 4) is 17.6 Å². The minimum atomic E-state index is -0.512. The molecule has 2 aliphatic heterocycles. The Labute approximate surface area is 188 Å². The quantitative estimate of drug-likeness (QED) is 0.603. The van der Waals surface area contributed by atoms with Crippen molar-refractivity contribution < 1.29 is 19.1 Å². The van der Waals surface area contributed by atoms with Crippen molar-refractivity contribution >= 4 is 40.4 Å². The van der Waals surface area contributed by atoms with Gasteiger partial charge in [-0.3, -0.25) is 9.59 Å². The molecule has 156 valence electrons. The number of rotatable bonds is 4. The van der Waals surface area contributed by atoms with Gasteiger partial charge in [-0.15, -0.1) is 0 Å². The number of hydrogen-bond donors (Lipinski definition) is 1. The minimum absolute atomic E-state index is 0.126. The number of nitrogens with one attached hydrogen (secondary N) is 1. The molecule has 3 aromatic rings. The number of carbonyl (C=O) groups excluding carboxylic acids is 2. The number of hydrogen-bond acceptors (Lipinski definition) is 6. The Morgan fingerprint density at radius 2 is 1.62 bits per heavy atom. The van der Waals surface area contributed by atoms with Crippen LogP contribution in [0.15, 0.2) is 72.4 Å². The SMILES string of the molecule is N#Cc1ccc(N2C(=O)C(Nc3ccc4c(c3)OCO4)=C(c3ccc(Cl)cc3)C2=O)cc1. The number of fused-ring (bicyclic) bond motifs is 1. The number of benzene rings is 3. The van der Waals surface area contributed by atoms with Gasteiger partial charge in [0.05, 0.1) is 22.9 Å². The molecule has 0 fully saturated rings. The van der Waals surface area contributed by atoms with Crippen molar-refractivity contribution in [2.75, 3.05) is 17.0 Å². The summed E-state index contributed by atoms with van der Waals surface area (Å²) in [5.41, 5.74) is 2.25. The van der Waals surface area contributed by atoms with E-state index in [4.69, 9.17) is 26.3 Å². The van der Waals surface area contributed by atoms with E-state index in [-0.39, 0.29) is 18.1 Å². The van der Waals surface area contributed by atoms with E-state index in [2.05, 4.69) is 5.32 Å². The zero-order valence-electron chi connectivity index (χ0n) is 16.5. The van der Waals surface area contributed by atoms with E-state index in [1.54, 1.807) is 66.7 Å². The van der Waals surface area contributed by atoms with Crippen molar-refractivity contribution in [2.24, 2.45) is 0 Å². The van der Waals surface area contributed by atoms with Gasteiger partial charge < -0.3 is 14.8 Å². The first-order valence-electron chi connectivity index (χ1n) is 9.61. The summed E-state index contributed by atoms with van der Waals surface area (Å²) in [4.78, 5) is 27.9. The molecule has 7 nitrogen and oxygen atoms in total. The molecule has 0 saturated heterocycles. The van der Waals surface area contributed by atoms with E-state index < -0.39 is 11.8 Å². The number of nitriles is 1. The second-order valence-electron chi connectivity index (χ2n) is 7.05. The highest BCUT2D eigenvalue weighted by molar-refractivity contribution is 6.46. The van der Waals surface area contributed by atoms with Gasteiger partial charge in [-0.25, -0.2) is 4.90 Å². The van der Waals surface area contributed by atoms with E-state index in [9.17, 15) is 9.59 Å². The van der Waals surface area contributed by atoms with Gasteiger partial charge in [-0.2, -0.15) is 5.26 Å². The lowest BCUT2D eigenvalue weighted by Gasteiger charge is -2.15. The number of amides is 2. The first-order valence-corrected chi connectivity index (χ1v) is 9.99. The highest BCUT2D eigenvalue weighted by atomic mass is 35.5. The molecule has 0 aromatic heterocycles. The van der Waals surface area contributed by atoms with Crippen LogP contribution in [0.2, 0.25) is 5.02 Å². The van der Waals surface area contributed by atoms with E-state index in [1.807, 2.05) is 6.07 Å². The lowest BCUT2D eigenvalue weighted by molar-refractivity contribution is -0.120. The smallest absolute Gasteiger partial charge is 0.282 e. The molecule has 2 heterocycles. The van der Waals surface area contributed by atoms with Crippen LogP contribution in [0.5, 0.6) is 11.5 Å². The van der Waals surface area contributed by atoms with Crippen LogP contribution < -0.4 is 19.7 Å². The van der Waals surface area contributed by atoms with Crippen LogP contribution in [-0.4, -0.2) is 18.6 Å². The third-order valence-electron chi connectivity index (χ3n) is 5.11. The summed E-state index contributed by atoms with van der Waals surface area (Å²) in [6.45, 7) is 0.126. The molecule has 3 aromatic carbocycles. The van der Waals surface area contributed by atoms with Crippen LogP contribution in [0, 0.1) is 11.3 Å². The summed E-state index contributed by atoms with van der Waals surface area (Å²) in [5.74, 6) is 0.160. The first-order chi connectivity index (χ1) is 15.5. The molecule has 0 spiro atoms. The van der Waals surface area contributed by atoms with Crippen LogP contribution in [0.4, 0.5) is 11.4 Å². The van der Waals surface area contributed by atoms with Crippen molar-refractivity contribution in [3.05, 3.63) is 88.6 Å². The lowest BCUT2D eigenvalue weighted by Crippen LogP contribution is -2.32. The summed E-state index contributed by atoms with van der Waals surface area (Å²) >= 11 is 6.01. The minimum Gasteiger partial charge on any atom is -0.454 e. The Morgan fingerprint density at radius 1 is 0.906 bits per heavy atom. The molecule has 8 heteroatoms. The third kappa shape index (κ3) is 3.33. The maximum atomic E-state index is 13.4. The molecular formula is C24H14ClN3O4. The second kappa shape index (κ2) is 7.76. The molecule has 0 radical (unpaired) electrons. The maximum absolute atomic E-state index is 13.4. The van der Waals surface area contributed by atoms with Crippen LogP contribution in [-0.2, 0) is 9.59 Å². The zero-order valence-corrected chi connectivity index (χ0v) is 17.2.